The Morgan fingerprint density at radius 2 is 1.89 bits per heavy atom. The largest absolute Gasteiger partial charge is 0.391 e. The van der Waals surface area contributed by atoms with Gasteiger partial charge >= 0.3 is 0 Å². The summed E-state index contributed by atoms with van der Waals surface area (Å²) < 4.78 is 1.76. The van der Waals surface area contributed by atoms with E-state index in [-0.39, 0.29) is 12.5 Å². The number of hydrogen-bond donors (Lipinski definition) is 1. The molecular formula is C15H19ClN2O. The van der Waals surface area contributed by atoms with Crippen molar-refractivity contribution in [3.05, 3.63) is 51.8 Å². The van der Waals surface area contributed by atoms with Crippen molar-refractivity contribution in [2.75, 3.05) is 0 Å². The summed E-state index contributed by atoms with van der Waals surface area (Å²) >= 11 is 6.30. The van der Waals surface area contributed by atoms with Crippen LogP contribution in [0.4, 0.5) is 0 Å². The number of aromatic nitrogens is 2. The second-order valence-electron chi connectivity index (χ2n) is 5.11. The first-order valence-electron chi connectivity index (χ1n) is 6.44. The molecule has 0 aliphatic heterocycles. The number of benzene rings is 1. The van der Waals surface area contributed by atoms with Crippen LogP contribution in [0.3, 0.4) is 0 Å². The first-order chi connectivity index (χ1) is 9.02. The van der Waals surface area contributed by atoms with Crippen molar-refractivity contribution < 1.29 is 5.11 Å². The van der Waals surface area contributed by atoms with E-state index in [4.69, 9.17) is 11.6 Å². The van der Waals surface area contributed by atoms with Crippen LogP contribution >= 0.6 is 11.6 Å². The topological polar surface area (TPSA) is 38.0 Å². The van der Waals surface area contributed by atoms with E-state index in [2.05, 4.69) is 36.3 Å². The van der Waals surface area contributed by atoms with Crippen LogP contribution < -0.4 is 0 Å². The van der Waals surface area contributed by atoms with Gasteiger partial charge in [0.25, 0.3) is 0 Å². The Labute approximate surface area is 118 Å². The molecule has 0 aliphatic rings. The lowest BCUT2D eigenvalue weighted by molar-refractivity contribution is 0.280. The first kappa shape index (κ1) is 14.1. The summed E-state index contributed by atoms with van der Waals surface area (Å²) in [5.74, 6) is 0.249. The maximum absolute atomic E-state index is 9.43. The number of nitrogens with zero attached hydrogens (tertiary/aromatic N) is 2. The predicted molar refractivity (Wildman–Crippen MR) is 77.5 cm³/mol. The number of aliphatic hydroxyl groups is 1. The smallest absolute Gasteiger partial charge is 0.133 e. The van der Waals surface area contributed by atoms with Crippen molar-refractivity contribution in [3.63, 3.8) is 0 Å². The highest BCUT2D eigenvalue weighted by Crippen LogP contribution is 2.26. The van der Waals surface area contributed by atoms with Crippen LogP contribution in [-0.2, 0) is 13.2 Å². The van der Waals surface area contributed by atoms with Crippen LogP contribution in [0.15, 0.2) is 24.3 Å². The SMILES string of the molecule is Cc1ccc(Cn2nc(C(C)C)c(CO)c2Cl)cc1. The Bertz CT molecular complexity index is 558. The number of aryl methyl sites for hydroxylation is 1. The zero-order valence-electron chi connectivity index (χ0n) is 11.5. The molecule has 1 heterocycles. The van der Waals surface area contributed by atoms with E-state index in [0.717, 1.165) is 16.8 Å². The molecule has 0 bridgehead atoms. The molecule has 1 aromatic carbocycles. The van der Waals surface area contributed by atoms with Crippen LogP contribution in [0, 0.1) is 6.92 Å². The second kappa shape index (κ2) is 5.76. The molecule has 2 aromatic rings. The van der Waals surface area contributed by atoms with E-state index in [1.165, 1.54) is 5.56 Å². The molecule has 0 saturated heterocycles. The van der Waals surface area contributed by atoms with E-state index >= 15 is 0 Å². The quantitative estimate of drug-likeness (QED) is 0.929. The monoisotopic (exact) mass is 278 g/mol. The molecule has 2 rings (SSSR count). The van der Waals surface area contributed by atoms with E-state index in [9.17, 15) is 5.11 Å². The molecule has 3 nitrogen and oxygen atoms in total. The molecule has 19 heavy (non-hydrogen) atoms. The molecule has 0 aliphatic carbocycles. The Morgan fingerprint density at radius 1 is 1.26 bits per heavy atom. The molecule has 0 saturated carbocycles. The van der Waals surface area contributed by atoms with Gasteiger partial charge in [0.2, 0.25) is 0 Å². The van der Waals surface area contributed by atoms with Gasteiger partial charge < -0.3 is 5.11 Å². The summed E-state index contributed by atoms with van der Waals surface area (Å²) in [6, 6.07) is 8.29. The summed E-state index contributed by atoms with van der Waals surface area (Å²) in [4.78, 5) is 0. The summed E-state index contributed by atoms with van der Waals surface area (Å²) in [5.41, 5.74) is 3.99. The maximum Gasteiger partial charge on any atom is 0.133 e. The van der Waals surface area contributed by atoms with Crippen molar-refractivity contribution in [1.29, 1.82) is 0 Å². The molecule has 0 amide bonds. The summed E-state index contributed by atoms with van der Waals surface area (Å²) in [6.07, 6.45) is 0. The Hall–Kier alpha value is -1.32. The summed E-state index contributed by atoms with van der Waals surface area (Å²) in [6.45, 7) is 6.71. The van der Waals surface area contributed by atoms with Crippen LogP contribution in [0.5, 0.6) is 0 Å². The molecule has 0 atom stereocenters. The van der Waals surface area contributed by atoms with Crippen molar-refractivity contribution in [3.8, 4) is 0 Å². The van der Waals surface area contributed by atoms with Crippen LogP contribution in [0.2, 0.25) is 5.15 Å². The highest BCUT2D eigenvalue weighted by atomic mass is 35.5. The normalized spacial score (nSPS) is 11.3. The van der Waals surface area contributed by atoms with E-state index in [1.54, 1.807) is 4.68 Å². The molecule has 102 valence electrons. The number of aliphatic hydroxyl groups excluding tert-OH is 1. The Morgan fingerprint density at radius 3 is 2.37 bits per heavy atom. The van der Waals surface area contributed by atoms with Gasteiger partial charge in [0.05, 0.1) is 18.8 Å². The minimum absolute atomic E-state index is 0.0692. The average Bonchev–Trinajstić information content (AvgIpc) is 2.69. The van der Waals surface area contributed by atoms with Gasteiger partial charge in [-0.3, -0.25) is 0 Å². The molecule has 4 heteroatoms. The fraction of sp³-hybridized carbons (Fsp3) is 0.400. The third-order valence-corrected chi connectivity index (χ3v) is 3.59. The summed E-state index contributed by atoms with van der Waals surface area (Å²) in [7, 11) is 0. The lowest BCUT2D eigenvalue weighted by Crippen LogP contribution is -2.03. The predicted octanol–water partition coefficient (Wildman–Crippen LogP) is 3.51. The van der Waals surface area contributed by atoms with Gasteiger partial charge in [-0.15, -0.1) is 0 Å². The molecule has 0 spiro atoms. The zero-order valence-corrected chi connectivity index (χ0v) is 12.3. The van der Waals surface area contributed by atoms with E-state index in [0.29, 0.717) is 11.7 Å². The van der Waals surface area contributed by atoms with Gasteiger partial charge in [0.1, 0.15) is 5.15 Å². The third-order valence-electron chi connectivity index (χ3n) is 3.17. The standard InChI is InChI=1S/C15H19ClN2O/c1-10(2)14-13(9-19)15(16)18(17-14)8-12-6-4-11(3)5-7-12/h4-7,10,19H,8-9H2,1-3H3. The Kier molecular flexibility index (Phi) is 4.27. The average molecular weight is 279 g/mol. The third kappa shape index (κ3) is 2.99. The van der Waals surface area contributed by atoms with Gasteiger partial charge in [-0.2, -0.15) is 5.10 Å². The van der Waals surface area contributed by atoms with E-state index < -0.39 is 0 Å². The van der Waals surface area contributed by atoms with Crippen molar-refractivity contribution in [1.82, 2.24) is 9.78 Å². The fourth-order valence-electron chi connectivity index (χ4n) is 2.08. The molecule has 0 unspecified atom stereocenters. The van der Waals surface area contributed by atoms with Gasteiger partial charge in [-0.05, 0) is 18.4 Å². The van der Waals surface area contributed by atoms with Gasteiger partial charge in [-0.25, -0.2) is 4.68 Å². The van der Waals surface area contributed by atoms with Crippen LogP contribution in [0.25, 0.3) is 0 Å². The lowest BCUT2D eigenvalue weighted by Gasteiger charge is -2.04. The molecule has 1 N–H and O–H groups in total. The summed E-state index contributed by atoms with van der Waals surface area (Å²) in [5, 5.41) is 14.5. The van der Waals surface area contributed by atoms with Gasteiger partial charge in [0.15, 0.2) is 0 Å². The highest BCUT2D eigenvalue weighted by Gasteiger charge is 2.17. The van der Waals surface area contributed by atoms with Crippen molar-refractivity contribution in [2.24, 2.45) is 0 Å². The fourth-order valence-corrected chi connectivity index (χ4v) is 2.33. The van der Waals surface area contributed by atoms with Crippen LogP contribution in [0.1, 0.15) is 42.1 Å². The lowest BCUT2D eigenvalue weighted by atomic mass is 10.1. The van der Waals surface area contributed by atoms with Crippen LogP contribution in [-0.4, -0.2) is 14.9 Å². The first-order valence-corrected chi connectivity index (χ1v) is 6.82. The minimum atomic E-state index is -0.0692. The highest BCUT2D eigenvalue weighted by molar-refractivity contribution is 6.30. The van der Waals surface area contributed by atoms with Crippen molar-refractivity contribution >= 4 is 11.6 Å². The number of hydrogen-bond acceptors (Lipinski definition) is 2. The zero-order chi connectivity index (χ0) is 14.0. The molecule has 0 radical (unpaired) electrons. The maximum atomic E-state index is 9.43. The molecule has 0 fully saturated rings. The second-order valence-corrected chi connectivity index (χ2v) is 5.47. The number of halogens is 1. The number of rotatable bonds is 4. The minimum Gasteiger partial charge on any atom is -0.391 e. The molecule has 1 aromatic heterocycles. The van der Waals surface area contributed by atoms with E-state index in [1.807, 2.05) is 13.8 Å². The molecular weight excluding hydrogens is 260 g/mol. The van der Waals surface area contributed by atoms with Gasteiger partial charge in [-0.1, -0.05) is 55.3 Å². The Balaban J connectivity index is 2.32. The van der Waals surface area contributed by atoms with Crippen molar-refractivity contribution in [2.45, 2.75) is 39.8 Å². The van der Waals surface area contributed by atoms with Gasteiger partial charge in [0, 0.05) is 5.56 Å².